The van der Waals surface area contributed by atoms with E-state index in [2.05, 4.69) is 14.6 Å². The minimum absolute atomic E-state index is 0.163. The smallest absolute Gasteiger partial charge is 0.255 e. The fraction of sp³-hybridized carbons (Fsp3) is 0.182. The Bertz CT molecular complexity index is 918. The first-order chi connectivity index (χ1) is 14.0. The molecule has 1 unspecified atom stereocenters. The lowest BCUT2D eigenvalue weighted by atomic mass is 10.1. The van der Waals surface area contributed by atoms with Gasteiger partial charge in [0.05, 0.1) is 7.11 Å². The first kappa shape index (κ1) is 20.9. The van der Waals surface area contributed by atoms with Crippen LogP contribution >= 0.6 is 11.9 Å². The third-order valence-corrected chi connectivity index (χ3v) is 5.26. The zero-order valence-corrected chi connectivity index (χ0v) is 17.2. The fourth-order valence-electron chi connectivity index (χ4n) is 2.76. The van der Waals surface area contributed by atoms with Gasteiger partial charge in [-0.15, -0.1) is 0 Å². The van der Waals surface area contributed by atoms with Crippen LogP contribution in [0.5, 0.6) is 5.75 Å². The molecule has 0 fully saturated rings. The van der Waals surface area contributed by atoms with Gasteiger partial charge < -0.3 is 15.8 Å². The van der Waals surface area contributed by atoms with E-state index in [4.69, 9.17) is 10.5 Å². The summed E-state index contributed by atoms with van der Waals surface area (Å²) in [7, 11) is 3.66. The highest BCUT2D eigenvalue weighted by Crippen LogP contribution is 2.25. The summed E-state index contributed by atoms with van der Waals surface area (Å²) >= 11 is 1.62. The highest BCUT2D eigenvalue weighted by atomic mass is 32.2. The molecule has 3 aromatic rings. The van der Waals surface area contributed by atoms with E-state index in [-0.39, 0.29) is 11.9 Å². The number of pyridine rings is 1. The van der Waals surface area contributed by atoms with Gasteiger partial charge in [-0.3, -0.25) is 9.78 Å². The molecule has 0 saturated heterocycles. The Morgan fingerprint density at radius 2 is 1.76 bits per heavy atom. The van der Waals surface area contributed by atoms with Crippen LogP contribution in [0.15, 0.2) is 78.0 Å². The topological polar surface area (TPSA) is 80.5 Å². The van der Waals surface area contributed by atoms with Gasteiger partial charge in [0.15, 0.2) is 0 Å². The van der Waals surface area contributed by atoms with Crippen molar-refractivity contribution in [1.29, 1.82) is 0 Å². The number of rotatable bonds is 8. The first-order valence-electron chi connectivity index (χ1n) is 9.15. The molecule has 0 aliphatic heterocycles. The number of anilines is 1. The van der Waals surface area contributed by atoms with Crippen molar-refractivity contribution in [3.8, 4) is 5.75 Å². The molecule has 7 heteroatoms. The molecule has 1 amide bonds. The number of nitrogens with one attached hydrogen (secondary N) is 1. The van der Waals surface area contributed by atoms with E-state index in [0.29, 0.717) is 17.8 Å². The monoisotopic (exact) mass is 408 g/mol. The molecule has 0 bridgehead atoms. The number of hydrogen-bond donors (Lipinski definition) is 2. The molecule has 0 aliphatic carbocycles. The Hall–Kier alpha value is -2.87. The maximum atomic E-state index is 12.3. The number of carbonyl (C=O) groups excluding carboxylic acids is 1. The summed E-state index contributed by atoms with van der Waals surface area (Å²) in [6.07, 6.45) is 3.27. The van der Waals surface area contributed by atoms with E-state index in [1.165, 1.54) is 0 Å². The highest BCUT2D eigenvalue weighted by Gasteiger charge is 2.12. The summed E-state index contributed by atoms with van der Waals surface area (Å²) in [4.78, 5) is 17.4. The van der Waals surface area contributed by atoms with Gasteiger partial charge in [-0.25, -0.2) is 4.31 Å². The van der Waals surface area contributed by atoms with Gasteiger partial charge in [-0.05, 0) is 73.1 Å². The molecule has 1 heterocycles. The number of hydrogen-bond acceptors (Lipinski definition) is 6. The second kappa shape index (κ2) is 10.1. The van der Waals surface area contributed by atoms with Crippen molar-refractivity contribution < 1.29 is 9.53 Å². The van der Waals surface area contributed by atoms with Crippen LogP contribution in [0.2, 0.25) is 0 Å². The molecular weight excluding hydrogens is 384 g/mol. The van der Waals surface area contributed by atoms with Crippen LogP contribution in [0.1, 0.15) is 22.0 Å². The van der Waals surface area contributed by atoms with E-state index in [9.17, 15) is 4.79 Å². The van der Waals surface area contributed by atoms with Gasteiger partial charge in [0.2, 0.25) is 0 Å². The standard InChI is InChI=1S/C22H24N4O2S/c1-26(29-20-9-7-19(28-2)8-10-20)15-21(23)16-3-5-17(6-4-16)22(27)25-18-11-13-24-14-12-18/h3-14,21H,15,23H2,1-2H3,(H,24,25,27). The molecule has 0 spiro atoms. The van der Waals surface area contributed by atoms with Crippen molar-refractivity contribution >= 4 is 23.5 Å². The van der Waals surface area contributed by atoms with Gasteiger partial charge in [0, 0.05) is 41.1 Å². The minimum Gasteiger partial charge on any atom is -0.497 e. The molecule has 1 aromatic heterocycles. The van der Waals surface area contributed by atoms with Crippen LogP contribution in [0.4, 0.5) is 5.69 Å². The lowest BCUT2D eigenvalue weighted by Gasteiger charge is -2.21. The number of amides is 1. The molecule has 3 rings (SSSR count). The van der Waals surface area contributed by atoms with E-state index in [0.717, 1.165) is 16.2 Å². The average molecular weight is 409 g/mol. The maximum absolute atomic E-state index is 12.3. The molecule has 29 heavy (non-hydrogen) atoms. The summed E-state index contributed by atoms with van der Waals surface area (Å²) in [5.41, 5.74) is 8.63. The summed E-state index contributed by atoms with van der Waals surface area (Å²) in [5.74, 6) is 0.672. The molecule has 3 N–H and O–H groups in total. The van der Waals surface area contributed by atoms with Crippen molar-refractivity contribution in [1.82, 2.24) is 9.29 Å². The normalized spacial score (nSPS) is 11.9. The highest BCUT2D eigenvalue weighted by molar-refractivity contribution is 7.97. The molecular formula is C22H24N4O2S. The van der Waals surface area contributed by atoms with Gasteiger partial charge >= 0.3 is 0 Å². The minimum atomic E-state index is -0.164. The van der Waals surface area contributed by atoms with Crippen LogP contribution in [0, 0.1) is 0 Å². The van der Waals surface area contributed by atoms with E-state index in [1.54, 1.807) is 55.7 Å². The Morgan fingerprint density at radius 3 is 2.38 bits per heavy atom. The van der Waals surface area contributed by atoms with E-state index in [1.807, 2.05) is 43.4 Å². The maximum Gasteiger partial charge on any atom is 0.255 e. The van der Waals surface area contributed by atoms with Crippen LogP contribution in [0.25, 0.3) is 0 Å². The van der Waals surface area contributed by atoms with Gasteiger partial charge in [-0.2, -0.15) is 0 Å². The summed E-state index contributed by atoms with van der Waals surface area (Å²) in [6, 6.07) is 18.6. The van der Waals surface area contributed by atoms with Crippen LogP contribution in [-0.4, -0.2) is 35.9 Å². The van der Waals surface area contributed by atoms with E-state index >= 15 is 0 Å². The largest absolute Gasteiger partial charge is 0.497 e. The molecule has 2 aromatic carbocycles. The molecule has 6 nitrogen and oxygen atoms in total. The SMILES string of the molecule is COc1ccc(SN(C)CC(N)c2ccc(C(=O)Nc3ccncc3)cc2)cc1. The number of ether oxygens (including phenoxy) is 1. The van der Waals surface area contributed by atoms with Gasteiger partial charge in [0.1, 0.15) is 5.75 Å². The Morgan fingerprint density at radius 1 is 1.10 bits per heavy atom. The number of aromatic nitrogens is 1. The molecule has 0 radical (unpaired) electrons. The lowest BCUT2D eigenvalue weighted by Crippen LogP contribution is -2.24. The Balaban J connectivity index is 1.55. The molecule has 1 atom stereocenters. The second-order valence-corrected chi connectivity index (χ2v) is 7.77. The van der Waals surface area contributed by atoms with Crippen molar-refractivity contribution in [3.63, 3.8) is 0 Å². The van der Waals surface area contributed by atoms with Crippen molar-refractivity contribution in [3.05, 3.63) is 84.2 Å². The molecule has 0 aliphatic rings. The zero-order chi connectivity index (χ0) is 20.6. The number of methoxy groups -OCH3 is 1. The molecule has 0 saturated carbocycles. The third-order valence-electron chi connectivity index (χ3n) is 4.31. The zero-order valence-electron chi connectivity index (χ0n) is 16.4. The number of nitrogens with two attached hydrogens (primary N) is 1. The number of likely N-dealkylation sites (N-methyl/N-ethyl adjacent to an activating group) is 1. The first-order valence-corrected chi connectivity index (χ1v) is 9.92. The summed E-state index contributed by atoms with van der Waals surface area (Å²) in [6.45, 7) is 0.666. The Labute approximate surface area is 175 Å². The van der Waals surface area contributed by atoms with Crippen LogP contribution in [-0.2, 0) is 0 Å². The summed E-state index contributed by atoms with van der Waals surface area (Å²) < 4.78 is 7.28. The third kappa shape index (κ3) is 6.05. The number of benzene rings is 2. The van der Waals surface area contributed by atoms with Crippen molar-refractivity contribution in [2.24, 2.45) is 5.73 Å². The predicted octanol–water partition coefficient (Wildman–Crippen LogP) is 3.98. The average Bonchev–Trinajstić information content (AvgIpc) is 2.75. The van der Waals surface area contributed by atoms with Crippen molar-refractivity contribution in [2.45, 2.75) is 10.9 Å². The lowest BCUT2D eigenvalue weighted by molar-refractivity contribution is 0.102. The quantitative estimate of drug-likeness (QED) is 0.549. The van der Waals surface area contributed by atoms with E-state index < -0.39 is 0 Å². The second-order valence-electron chi connectivity index (χ2n) is 6.50. The van der Waals surface area contributed by atoms with Gasteiger partial charge in [0.25, 0.3) is 5.91 Å². The predicted molar refractivity (Wildman–Crippen MR) is 117 cm³/mol. The molecule has 150 valence electrons. The number of nitrogens with zero attached hydrogens (tertiary/aromatic N) is 2. The fourth-order valence-corrected chi connectivity index (χ4v) is 3.61. The number of carbonyl (C=O) groups is 1. The van der Waals surface area contributed by atoms with Crippen molar-refractivity contribution in [2.75, 3.05) is 26.0 Å². The van der Waals surface area contributed by atoms with Crippen LogP contribution in [0.3, 0.4) is 0 Å². The van der Waals surface area contributed by atoms with Crippen LogP contribution < -0.4 is 15.8 Å². The van der Waals surface area contributed by atoms with Gasteiger partial charge in [-0.1, -0.05) is 12.1 Å². The Kier molecular flexibility index (Phi) is 7.24. The summed E-state index contributed by atoms with van der Waals surface area (Å²) in [5, 5.41) is 2.84.